The van der Waals surface area contributed by atoms with Crippen LogP contribution < -0.4 is 0 Å². The Bertz CT molecular complexity index is 606. The van der Waals surface area contributed by atoms with E-state index in [1.165, 1.54) is 5.56 Å². The van der Waals surface area contributed by atoms with Gasteiger partial charge in [0.05, 0.1) is 5.56 Å². The van der Waals surface area contributed by atoms with Gasteiger partial charge in [-0.2, -0.15) is 0 Å². The van der Waals surface area contributed by atoms with Crippen LogP contribution in [0.4, 0.5) is 0 Å². The van der Waals surface area contributed by atoms with E-state index in [2.05, 4.69) is 24.0 Å². The lowest BCUT2D eigenvalue weighted by atomic mass is 10.1. The maximum atomic E-state index is 11.3. The van der Waals surface area contributed by atoms with Gasteiger partial charge in [-0.15, -0.1) is 0 Å². The second-order valence-electron chi connectivity index (χ2n) is 5.14. The van der Waals surface area contributed by atoms with Gasteiger partial charge in [0.2, 0.25) is 0 Å². The molecule has 1 fully saturated rings. The zero-order chi connectivity index (χ0) is 13.4. The molecule has 98 valence electrons. The summed E-state index contributed by atoms with van der Waals surface area (Å²) in [6.45, 7) is 2.12. The van der Waals surface area contributed by atoms with Gasteiger partial charge in [-0.3, -0.25) is 0 Å². The first-order chi connectivity index (χ1) is 9.19. The number of aryl methyl sites for hydroxylation is 1. The van der Waals surface area contributed by atoms with Gasteiger partial charge in [-0.1, -0.05) is 31.2 Å². The Balaban J connectivity index is 1.99. The van der Waals surface area contributed by atoms with Crippen LogP contribution in [0, 0.1) is 0 Å². The minimum Gasteiger partial charge on any atom is -0.478 e. The molecule has 3 heteroatoms. The van der Waals surface area contributed by atoms with Crippen LogP contribution >= 0.6 is 0 Å². The number of carboxylic acid groups (broad SMARTS) is 1. The highest BCUT2D eigenvalue weighted by Crippen LogP contribution is 2.42. The molecule has 1 aromatic heterocycles. The number of aromatic carboxylic acids is 1. The fourth-order valence-electron chi connectivity index (χ4n) is 2.42. The van der Waals surface area contributed by atoms with Crippen LogP contribution in [0.5, 0.6) is 0 Å². The summed E-state index contributed by atoms with van der Waals surface area (Å²) in [7, 11) is 0. The topological polar surface area (TPSA) is 53.1 Å². The Hall–Kier alpha value is -2.03. The molecule has 0 spiro atoms. The first kappa shape index (κ1) is 12.0. The Morgan fingerprint density at radius 3 is 2.53 bits per heavy atom. The molecule has 3 rings (SSSR count). The second kappa shape index (κ2) is 4.57. The van der Waals surface area contributed by atoms with Crippen LogP contribution in [0.2, 0.25) is 0 Å². The predicted molar refractivity (Wildman–Crippen MR) is 74.5 cm³/mol. The van der Waals surface area contributed by atoms with E-state index in [0.29, 0.717) is 11.5 Å². The average molecular weight is 255 g/mol. The van der Waals surface area contributed by atoms with Gasteiger partial charge < -0.3 is 10.1 Å². The number of aromatic nitrogens is 1. The van der Waals surface area contributed by atoms with Crippen molar-refractivity contribution in [1.29, 1.82) is 0 Å². The molecule has 3 nitrogen and oxygen atoms in total. The molecule has 1 aliphatic carbocycles. The van der Waals surface area contributed by atoms with Gasteiger partial charge in [0.25, 0.3) is 0 Å². The number of aromatic amines is 1. The molecule has 0 radical (unpaired) electrons. The monoisotopic (exact) mass is 255 g/mol. The van der Waals surface area contributed by atoms with Crippen molar-refractivity contribution in [3.63, 3.8) is 0 Å². The van der Waals surface area contributed by atoms with E-state index in [9.17, 15) is 9.90 Å². The Kier molecular flexibility index (Phi) is 2.90. The van der Waals surface area contributed by atoms with Crippen molar-refractivity contribution >= 4 is 5.97 Å². The van der Waals surface area contributed by atoms with Gasteiger partial charge in [-0.05, 0) is 42.4 Å². The van der Waals surface area contributed by atoms with Gasteiger partial charge in [0.1, 0.15) is 0 Å². The molecule has 2 aromatic rings. The van der Waals surface area contributed by atoms with Crippen molar-refractivity contribution in [2.75, 3.05) is 0 Å². The zero-order valence-electron chi connectivity index (χ0n) is 10.9. The lowest BCUT2D eigenvalue weighted by molar-refractivity contribution is 0.0696. The summed E-state index contributed by atoms with van der Waals surface area (Å²) in [5.74, 6) is -0.427. The molecule has 0 unspecified atom stereocenters. The number of carbonyl (C=O) groups is 1. The fourth-order valence-corrected chi connectivity index (χ4v) is 2.42. The van der Waals surface area contributed by atoms with Crippen LogP contribution in [0.15, 0.2) is 30.3 Å². The van der Waals surface area contributed by atoms with Crippen molar-refractivity contribution in [1.82, 2.24) is 4.98 Å². The molecule has 1 aliphatic rings. The molecule has 2 N–H and O–H groups in total. The van der Waals surface area contributed by atoms with Crippen molar-refractivity contribution in [3.05, 3.63) is 47.2 Å². The van der Waals surface area contributed by atoms with Crippen LogP contribution in [0.25, 0.3) is 11.3 Å². The van der Waals surface area contributed by atoms with Crippen molar-refractivity contribution in [2.45, 2.75) is 32.1 Å². The molecular weight excluding hydrogens is 238 g/mol. The molecule has 0 saturated heterocycles. The summed E-state index contributed by atoms with van der Waals surface area (Å²) >= 11 is 0. The molecule has 0 atom stereocenters. The van der Waals surface area contributed by atoms with Crippen LogP contribution in [-0.4, -0.2) is 16.1 Å². The van der Waals surface area contributed by atoms with E-state index < -0.39 is 5.97 Å². The average Bonchev–Trinajstić information content (AvgIpc) is 3.17. The summed E-state index contributed by atoms with van der Waals surface area (Å²) in [4.78, 5) is 14.6. The maximum absolute atomic E-state index is 11.3. The van der Waals surface area contributed by atoms with E-state index >= 15 is 0 Å². The molecule has 1 heterocycles. The number of carboxylic acids is 1. The molecule has 0 aliphatic heterocycles. The SMILES string of the molecule is CCc1ccc(-c2cc(C(=O)O)c(C3CC3)[nH]2)cc1. The lowest BCUT2D eigenvalue weighted by Gasteiger charge is -2.00. The third kappa shape index (κ3) is 2.28. The van der Waals surface area contributed by atoms with Gasteiger partial charge in [-0.25, -0.2) is 4.79 Å². The summed E-state index contributed by atoms with van der Waals surface area (Å²) in [6, 6.07) is 10.0. The van der Waals surface area contributed by atoms with E-state index in [-0.39, 0.29) is 0 Å². The van der Waals surface area contributed by atoms with Crippen LogP contribution in [0.3, 0.4) is 0 Å². The lowest BCUT2D eigenvalue weighted by Crippen LogP contribution is -1.98. The number of nitrogens with one attached hydrogen (secondary N) is 1. The third-order valence-corrected chi connectivity index (χ3v) is 3.74. The summed E-state index contributed by atoms with van der Waals surface area (Å²) in [5.41, 5.74) is 4.56. The molecule has 1 aromatic carbocycles. The molecule has 1 saturated carbocycles. The standard InChI is InChI=1S/C16H17NO2/c1-2-10-3-5-11(6-4-10)14-9-13(16(18)19)15(17-14)12-7-8-12/h3-6,9,12,17H,2,7-8H2,1H3,(H,18,19). The van der Waals surface area contributed by atoms with Crippen molar-refractivity contribution in [2.24, 2.45) is 0 Å². The number of benzene rings is 1. The highest BCUT2D eigenvalue weighted by molar-refractivity contribution is 5.91. The highest BCUT2D eigenvalue weighted by atomic mass is 16.4. The van der Waals surface area contributed by atoms with Gasteiger partial charge in [0.15, 0.2) is 0 Å². The summed E-state index contributed by atoms with van der Waals surface area (Å²) in [6.07, 6.45) is 3.20. The Morgan fingerprint density at radius 2 is 2.00 bits per heavy atom. The fraction of sp³-hybridized carbons (Fsp3) is 0.312. The first-order valence-corrected chi connectivity index (χ1v) is 6.74. The zero-order valence-corrected chi connectivity index (χ0v) is 10.9. The normalized spacial score (nSPS) is 14.6. The number of H-pyrrole nitrogens is 1. The predicted octanol–water partition coefficient (Wildman–Crippen LogP) is 3.82. The minimum atomic E-state index is -0.838. The maximum Gasteiger partial charge on any atom is 0.337 e. The largest absolute Gasteiger partial charge is 0.478 e. The second-order valence-corrected chi connectivity index (χ2v) is 5.14. The molecule has 19 heavy (non-hydrogen) atoms. The molecule has 0 amide bonds. The van der Waals surface area contributed by atoms with Crippen molar-refractivity contribution in [3.8, 4) is 11.3 Å². The van der Waals surface area contributed by atoms with E-state index in [1.54, 1.807) is 6.07 Å². The highest BCUT2D eigenvalue weighted by Gasteiger charge is 2.30. The number of rotatable bonds is 4. The summed E-state index contributed by atoms with van der Waals surface area (Å²) < 4.78 is 0. The quantitative estimate of drug-likeness (QED) is 0.872. The third-order valence-electron chi connectivity index (χ3n) is 3.74. The number of hydrogen-bond donors (Lipinski definition) is 2. The Labute approximate surface area is 112 Å². The smallest absolute Gasteiger partial charge is 0.337 e. The first-order valence-electron chi connectivity index (χ1n) is 6.74. The minimum absolute atomic E-state index is 0.412. The van der Waals surface area contributed by atoms with Crippen LogP contribution in [0.1, 0.15) is 47.3 Å². The Morgan fingerprint density at radius 1 is 1.32 bits per heavy atom. The van der Waals surface area contributed by atoms with Crippen molar-refractivity contribution < 1.29 is 9.90 Å². The van der Waals surface area contributed by atoms with E-state index in [1.807, 2.05) is 12.1 Å². The van der Waals surface area contributed by atoms with E-state index in [0.717, 1.165) is 36.2 Å². The van der Waals surface area contributed by atoms with Crippen LogP contribution in [-0.2, 0) is 6.42 Å². The summed E-state index contributed by atoms with van der Waals surface area (Å²) in [5, 5.41) is 9.26. The number of hydrogen-bond acceptors (Lipinski definition) is 1. The molecule has 0 bridgehead atoms. The van der Waals surface area contributed by atoms with E-state index in [4.69, 9.17) is 0 Å². The van der Waals surface area contributed by atoms with Gasteiger partial charge in [0, 0.05) is 11.4 Å². The van der Waals surface area contributed by atoms with Gasteiger partial charge >= 0.3 is 5.97 Å². The molecular formula is C16H17NO2.